The van der Waals surface area contributed by atoms with Gasteiger partial charge in [-0.05, 0) is 48.7 Å². The Morgan fingerprint density at radius 2 is 1.81 bits per heavy atom. The van der Waals surface area contributed by atoms with Gasteiger partial charge in [-0.2, -0.15) is 0 Å². The summed E-state index contributed by atoms with van der Waals surface area (Å²) in [5.41, 5.74) is 8.09. The summed E-state index contributed by atoms with van der Waals surface area (Å²) < 4.78 is 26.9. The van der Waals surface area contributed by atoms with Gasteiger partial charge in [0, 0.05) is 17.3 Å². The highest BCUT2D eigenvalue weighted by Gasteiger charge is 2.14. The van der Waals surface area contributed by atoms with E-state index in [0.29, 0.717) is 23.7 Å². The molecule has 0 spiro atoms. The number of rotatable bonds is 5. The molecule has 3 N–H and O–H groups in total. The first kappa shape index (κ1) is 15.8. The summed E-state index contributed by atoms with van der Waals surface area (Å²) in [6, 6.07) is 12.0. The van der Waals surface area contributed by atoms with Crippen LogP contribution in [0.15, 0.2) is 47.4 Å². The van der Waals surface area contributed by atoms with Crippen LogP contribution in [0.4, 0.5) is 5.69 Å². The van der Waals surface area contributed by atoms with E-state index in [1.807, 2.05) is 19.1 Å². The number of benzene rings is 2. The van der Waals surface area contributed by atoms with Crippen molar-refractivity contribution >= 4 is 27.3 Å². The maximum atomic E-state index is 12.2. The highest BCUT2D eigenvalue weighted by molar-refractivity contribution is 7.89. The molecule has 0 amide bonds. The number of nitrogens with one attached hydrogen (secondary N) is 1. The average Bonchev–Trinajstić information content (AvgIpc) is 2.44. The molecule has 4 nitrogen and oxygen atoms in total. The summed E-state index contributed by atoms with van der Waals surface area (Å²) in [4.78, 5) is 0.182. The molecule has 21 heavy (non-hydrogen) atoms. The van der Waals surface area contributed by atoms with E-state index in [2.05, 4.69) is 4.72 Å². The number of hydrogen-bond donors (Lipinski definition) is 2. The van der Waals surface area contributed by atoms with Crippen molar-refractivity contribution in [1.82, 2.24) is 4.72 Å². The minimum Gasteiger partial charge on any atom is -0.398 e. The van der Waals surface area contributed by atoms with Crippen LogP contribution in [0.2, 0.25) is 5.02 Å². The van der Waals surface area contributed by atoms with Crippen LogP contribution in [0.3, 0.4) is 0 Å². The Morgan fingerprint density at radius 3 is 2.43 bits per heavy atom. The fourth-order valence-electron chi connectivity index (χ4n) is 1.85. The SMILES string of the molecule is Cc1ccc(S(=O)(=O)NCCc2ccc(Cl)cc2)cc1N. The van der Waals surface area contributed by atoms with Crippen LogP contribution in [0.5, 0.6) is 0 Å². The number of anilines is 1. The summed E-state index contributed by atoms with van der Waals surface area (Å²) in [5, 5.41) is 0.662. The molecule has 2 rings (SSSR count). The van der Waals surface area contributed by atoms with Gasteiger partial charge in [-0.1, -0.05) is 29.8 Å². The van der Waals surface area contributed by atoms with E-state index in [0.717, 1.165) is 11.1 Å². The van der Waals surface area contributed by atoms with Crippen LogP contribution in [0, 0.1) is 6.92 Å². The third-order valence-corrected chi connectivity index (χ3v) is 4.89. The summed E-state index contributed by atoms with van der Waals surface area (Å²) >= 11 is 5.80. The Hall–Kier alpha value is -1.56. The van der Waals surface area contributed by atoms with Crippen molar-refractivity contribution in [2.45, 2.75) is 18.2 Å². The predicted octanol–water partition coefficient (Wildman–Crippen LogP) is 2.75. The van der Waals surface area contributed by atoms with Crippen molar-refractivity contribution in [3.8, 4) is 0 Å². The average molecular weight is 325 g/mol. The van der Waals surface area contributed by atoms with E-state index in [4.69, 9.17) is 17.3 Å². The molecule has 112 valence electrons. The first-order chi connectivity index (χ1) is 9.88. The van der Waals surface area contributed by atoms with Crippen LogP contribution in [-0.2, 0) is 16.4 Å². The molecule has 0 saturated carbocycles. The number of nitrogens with two attached hydrogens (primary N) is 1. The second-order valence-corrected chi connectivity index (χ2v) is 7.00. The molecule has 0 aliphatic carbocycles. The molecule has 0 bridgehead atoms. The van der Waals surface area contributed by atoms with Crippen molar-refractivity contribution in [3.05, 3.63) is 58.6 Å². The van der Waals surface area contributed by atoms with Crippen molar-refractivity contribution in [2.75, 3.05) is 12.3 Å². The Kier molecular flexibility index (Phi) is 4.88. The van der Waals surface area contributed by atoms with Gasteiger partial charge in [0.05, 0.1) is 4.90 Å². The van der Waals surface area contributed by atoms with E-state index in [9.17, 15) is 8.42 Å². The highest BCUT2D eigenvalue weighted by atomic mass is 35.5. The Morgan fingerprint density at radius 1 is 1.14 bits per heavy atom. The third-order valence-electron chi connectivity index (χ3n) is 3.18. The van der Waals surface area contributed by atoms with E-state index < -0.39 is 10.0 Å². The summed E-state index contributed by atoms with van der Waals surface area (Å²) in [7, 11) is -3.53. The van der Waals surface area contributed by atoms with Gasteiger partial charge in [0.1, 0.15) is 0 Å². The molecule has 2 aromatic carbocycles. The zero-order chi connectivity index (χ0) is 15.5. The quantitative estimate of drug-likeness (QED) is 0.831. The van der Waals surface area contributed by atoms with Crippen LogP contribution >= 0.6 is 11.6 Å². The van der Waals surface area contributed by atoms with Crippen LogP contribution in [0.1, 0.15) is 11.1 Å². The second kappa shape index (κ2) is 6.47. The molecule has 0 atom stereocenters. The zero-order valence-corrected chi connectivity index (χ0v) is 13.2. The van der Waals surface area contributed by atoms with Gasteiger partial charge in [-0.25, -0.2) is 13.1 Å². The van der Waals surface area contributed by atoms with Crippen molar-refractivity contribution in [1.29, 1.82) is 0 Å². The van der Waals surface area contributed by atoms with Crippen molar-refractivity contribution in [2.24, 2.45) is 0 Å². The van der Waals surface area contributed by atoms with Crippen LogP contribution < -0.4 is 10.5 Å². The molecule has 0 fully saturated rings. The third kappa shape index (κ3) is 4.20. The fraction of sp³-hybridized carbons (Fsp3) is 0.200. The molecular weight excluding hydrogens is 308 g/mol. The maximum absolute atomic E-state index is 12.2. The monoisotopic (exact) mass is 324 g/mol. The topological polar surface area (TPSA) is 72.2 Å². The van der Waals surface area contributed by atoms with Gasteiger partial charge >= 0.3 is 0 Å². The predicted molar refractivity (Wildman–Crippen MR) is 85.9 cm³/mol. The lowest BCUT2D eigenvalue weighted by Crippen LogP contribution is -2.26. The Bertz CT molecular complexity index is 728. The largest absolute Gasteiger partial charge is 0.398 e. The number of nitrogen functional groups attached to an aromatic ring is 1. The van der Waals surface area contributed by atoms with Crippen molar-refractivity contribution < 1.29 is 8.42 Å². The summed E-state index contributed by atoms with van der Waals surface area (Å²) in [6.45, 7) is 2.15. The lowest BCUT2D eigenvalue weighted by molar-refractivity contribution is 0.581. The van der Waals surface area contributed by atoms with E-state index in [1.54, 1.807) is 24.3 Å². The van der Waals surface area contributed by atoms with Gasteiger partial charge in [0.25, 0.3) is 0 Å². The number of aryl methyl sites for hydroxylation is 1. The summed E-state index contributed by atoms with van der Waals surface area (Å²) in [5.74, 6) is 0. The highest BCUT2D eigenvalue weighted by Crippen LogP contribution is 2.17. The molecule has 0 unspecified atom stereocenters. The molecule has 0 heterocycles. The van der Waals surface area contributed by atoms with Crippen molar-refractivity contribution in [3.63, 3.8) is 0 Å². The van der Waals surface area contributed by atoms with Gasteiger partial charge in [0.2, 0.25) is 10.0 Å². The lowest BCUT2D eigenvalue weighted by atomic mass is 10.2. The Labute approximate surface area is 130 Å². The van der Waals surface area contributed by atoms with Gasteiger partial charge < -0.3 is 5.73 Å². The molecule has 0 aliphatic rings. The first-order valence-electron chi connectivity index (χ1n) is 6.49. The van der Waals surface area contributed by atoms with E-state index in [1.165, 1.54) is 6.07 Å². The number of hydrogen-bond acceptors (Lipinski definition) is 3. The molecule has 6 heteroatoms. The van der Waals surface area contributed by atoms with Gasteiger partial charge in [-0.15, -0.1) is 0 Å². The van der Waals surface area contributed by atoms with Gasteiger partial charge in [0.15, 0.2) is 0 Å². The number of sulfonamides is 1. The van der Waals surface area contributed by atoms with Gasteiger partial charge in [-0.3, -0.25) is 0 Å². The van der Waals surface area contributed by atoms with Crippen LogP contribution in [0.25, 0.3) is 0 Å². The maximum Gasteiger partial charge on any atom is 0.240 e. The first-order valence-corrected chi connectivity index (χ1v) is 8.35. The molecule has 0 aliphatic heterocycles. The second-order valence-electron chi connectivity index (χ2n) is 4.79. The molecule has 0 radical (unpaired) electrons. The summed E-state index contributed by atoms with van der Waals surface area (Å²) in [6.07, 6.45) is 0.595. The lowest BCUT2D eigenvalue weighted by Gasteiger charge is -2.08. The normalized spacial score (nSPS) is 11.5. The minimum absolute atomic E-state index is 0.182. The molecule has 2 aromatic rings. The van der Waals surface area contributed by atoms with E-state index >= 15 is 0 Å². The minimum atomic E-state index is -3.53. The van der Waals surface area contributed by atoms with E-state index in [-0.39, 0.29) is 4.90 Å². The molecule has 0 aromatic heterocycles. The zero-order valence-electron chi connectivity index (χ0n) is 11.6. The molecular formula is C15H17ClN2O2S. The standard InChI is InChI=1S/C15H17ClN2O2S/c1-11-2-7-14(10-15(11)17)21(19,20)18-9-8-12-3-5-13(16)6-4-12/h2-7,10,18H,8-9,17H2,1H3. The number of halogens is 1. The smallest absolute Gasteiger partial charge is 0.240 e. The Balaban J connectivity index is 2.01. The fourth-order valence-corrected chi connectivity index (χ4v) is 3.04. The molecule has 0 saturated heterocycles. The van der Waals surface area contributed by atoms with Crippen LogP contribution in [-0.4, -0.2) is 15.0 Å².